The molecule has 3 fully saturated rings. The molecule has 15 heteroatoms. The molecule has 0 radical (unpaired) electrons. The van der Waals surface area contributed by atoms with E-state index < -0.39 is 0 Å². The Hall–Kier alpha value is -4.65. The fraction of sp³-hybridized carbons (Fsp3) is 0.571. The van der Waals surface area contributed by atoms with Crippen LogP contribution in [0.1, 0.15) is 69.9 Å². The Morgan fingerprint density at radius 3 is 2.44 bits per heavy atom. The summed E-state index contributed by atoms with van der Waals surface area (Å²) in [6.45, 7) is 5.34. The number of morpholine rings is 1. The Morgan fingerprint density at radius 2 is 1.72 bits per heavy atom. The lowest BCUT2D eigenvalue weighted by Gasteiger charge is -2.43. The van der Waals surface area contributed by atoms with Crippen molar-refractivity contribution in [2.45, 2.75) is 95.1 Å². The monoisotopic (exact) mass is 683 g/mol. The molecule has 3 aromatic heterocycles. The molecule has 1 saturated carbocycles. The number of fused-ring (bicyclic) bond motifs is 2. The van der Waals surface area contributed by atoms with Crippen LogP contribution in [-0.2, 0) is 16.0 Å². The minimum atomic E-state index is -0.268. The van der Waals surface area contributed by atoms with Crippen LogP contribution >= 0.6 is 0 Å². The molecule has 2 bridgehead atoms. The number of benzene rings is 1. The first-order chi connectivity index (χ1) is 24.6. The van der Waals surface area contributed by atoms with E-state index in [1.807, 2.05) is 25.3 Å². The zero-order valence-electron chi connectivity index (χ0n) is 28.7. The van der Waals surface area contributed by atoms with Gasteiger partial charge in [0, 0.05) is 49.8 Å². The summed E-state index contributed by atoms with van der Waals surface area (Å²) in [5.74, 6) is 1.45. The molecule has 0 amide bonds. The van der Waals surface area contributed by atoms with Crippen LogP contribution in [-0.4, -0.2) is 103 Å². The van der Waals surface area contributed by atoms with Crippen LogP contribution in [0.25, 0.3) is 11.1 Å². The van der Waals surface area contributed by atoms with E-state index in [1.165, 1.54) is 32.0 Å². The fourth-order valence-electron chi connectivity index (χ4n) is 7.48. The Morgan fingerprint density at radius 1 is 0.980 bits per heavy atom. The van der Waals surface area contributed by atoms with Gasteiger partial charge in [-0.3, -0.25) is 9.58 Å². The molecule has 5 heterocycles. The van der Waals surface area contributed by atoms with Gasteiger partial charge in [-0.1, -0.05) is 6.07 Å². The van der Waals surface area contributed by atoms with Gasteiger partial charge < -0.3 is 24.3 Å². The van der Waals surface area contributed by atoms with Crippen LogP contribution < -0.4 is 14.8 Å². The molecule has 50 heavy (non-hydrogen) atoms. The van der Waals surface area contributed by atoms with E-state index in [1.54, 1.807) is 30.3 Å². The lowest BCUT2D eigenvalue weighted by molar-refractivity contribution is -0.0458. The quantitative estimate of drug-likeness (QED) is 0.174. The van der Waals surface area contributed by atoms with E-state index in [0.29, 0.717) is 67.1 Å². The third kappa shape index (κ3) is 7.88. The second-order valence-electron chi connectivity index (χ2n) is 13.4. The van der Waals surface area contributed by atoms with Crippen molar-refractivity contribution >= 4 is 11.6 Å². The first-order valence-corrected chi connectivity index (χ1v) is 17.6. The summed E-state index contributed by atoms with van der Waals surface area (Å²) in [5.41, 5.74) is 2.79. The lowest BCUT2D eigenvalue weighted by atomic mass is 9.89. The molecule has 4 aromatic rings. The van der Waals surface area contributed by atoms with Gasteiger partial charge in [-0.15, -0.1) is 10.2 Å². The number of nitrogens with one attached hydrogen (secondary N) is 1. The van der Waals surface area contributed by atoms with Crippen LogP contribution in [0, 0.1) is 11.3 Å². The molecule has 2 saturated heterocycles. The van der Waals surface area contributed by atoms with Gasteiger partial charge in [-0.25, -0.2) is 14.6 Å². The largest absolute Gasteiger partial charge is 0.487 e. The Kier molecular flexibility index (Phi) is 10.8. The normalized spacial score (nSPS) is 22.6. The zero-order valence-corrected chi connectivity index (χ0v) is 28.7. The molecule has 0 spiro atoms. The minimum absolute atomic E-state index is 0.268. The van der Waals surface area contributed by atoms with Crippen LogP contribution in [0.3, 0.4) is 0 Å². The lowest BCUT2D eigenvalue weighted by Crippen LogP contribution is -2.52. The predicted molar refractivity (Wildman–Crippen MR) is 183 cm³/mol. The molecule has 2 aliphatic heterocycles. The topological polar surface area (TPSA) is 163 Å². The Balaban J connectivity index is 1.02. The number of tetrazole rings is 1. The molecule has 1 aromatic carbocycles. The number of methoxy groups -OCH3 is 1. The summed E-state index contributed by atoms with van der Waals surface area (Å²) in [4.78, 5) is 12.0. The van der Waals surface area contributed by atoms with E-state index >= 15 is 0 Å². The number of rotatable bonds is 15. The van der Waals surface area contributed by atoms with Gasteiger partial charge in [0.25, 0.3) is 5.88 Å². The molecule has 1 aliphatic carbocycles. The Labute approximate surface area is 291 Å². The summed E-state index contributed by atoms with van der Waals surface area (Å²) < 4.78 is 27.0. The van der Waals surface area contributed by atoms with Crippen molar-refractivity contribution < 1.29 is 18.9 Å². The first kappa shape index (κ1) is 33.8. The zero-order chi connectivity index (χ0) is 34.3. The molecule has 3 atom stereocenters. The number of hydrogen-bond donors (Lipinski definition) is 1. The van der Waals surface area contributed by atoms with Crippen molar-refractivity contribution in [3.05, 3.63) is 48.7 Å². The molecule has 7 rings (SSSR count). The second-order valence-corrected chi connectivity index (χ2v) is 13.4. The molecular weight excluding hydrogens is 638 g/mol. The minimum Gasteiger partial charge on any atom is -0.487 e. The maximum Gasteiger partial charge on any atom is 0.256 e. The highest BCUT2D eigenvalue weighted by Crippen LogP contribution is 2.39. The highest BCUT2D eigenvalue weighted by atomic mass is 16.5. The maximum absolute atomic E-state index is 9.68. The van der Waals surface area contributed by atoms with Crippen LogP contribution in [0.4, 0.5) is 11.6 Å². The third-order valence-electron chi connectivity index (χ3n) is 9.94. The highest BCUT2D eigenvalue weighted by Gasteiger charge is 2.42. The number of aromatic nitrogens is 8. The van der Waals surface area contributed by atoms with Crippen molar-refractivity contribution in [1.82, 2.24) is 44.9 Å². The second kappa shape index (κ2) is 15.9. The SMILES string of the molecule is COCCCCOc1nn(C2CCC(N3[C@@H]4CC[C@H]3COC4)CC2)cc1Nc1ncc(-c2ccc(C#N)c(O[C@@H](C)Cn3cnnn3)c2)cn1. The Bertz CT molecular complexity index is 1700. The first-order valence-electron chi connectivity index (χ1n) is 17.6. The summed E-state index contributed by atoms with van der Waals surface area (Å²) in [6.07, 6.45) is 15.6. The van der Waals surface area contributed by atoms with E-state index in [-0.39, 0.29) is 6.10 Å². The molecule has 3 aliphatic rings. The average molecular weight is 684 g/mol. The van der Waals surface area contributed by atoms with E-state index in [2.05, 4.69) is 46.5 Å². The molecule has 264 valence electrons. The van der Waals surface area contributed by atoms with Crippen molar-refractivity contribution in [1.29, 1.82) is 5.26 Å². The standard InChI is InChI=1S/C35H45N11O4/c1-24(19-44-23-39-42-43-44)50-33-15-25(5-6-26(33)16-36)27-17-37-35(38-18-27)40-32-20-45(41-34(32)49-14-4-3-13-47-2)28-7-9-29(10-8-28)46-30-11-12-31(46)22-48-21-30/h5-6,15,17-18,20,23-24,28-31H,3-4,7-14,19,21-22H2,1-2H3,(H,37,38,40)/t24-,28?,29?,30-,31+/m0/s1. The van der Waals surface area contributed by atoms with E-state index in [9.17, 15) is 5.26 Å². The van der Waals surface area contributed by atoms with Gasteiger partial charge in [0.1, 0.15) is 29.9 Å². The smallest absolute Gasteiger partial charge is 0.256 e. The number of nitriles is 1. The van der Waals surface area contributed by atoms with Gasteiger partial charge in [0.2, 0.25) is 5.95 Å². The van der Waals surface area contributed by atoms with Crippen LogP contribution in [0.2, 0.25) is 0 Å². The summed E-state index contributed by atoms with van der Waals surface area (Å²) in [7, 11) is 1.71. The van der Waals surface area contributed by atoms with Crippen molar-refractivity contribution in [3.8, 4) is 28.8 Å². The maximum atomic E-state index is 9.68. The highest BCUT2D eigenvalue weighted by molar-refractivity contribution is 5.67. The van der Waals surface area contributed by atoms with Gasteiger partial charge in [-0.2, -0.15) is 5.26 Å². The van der Waals surface area contributed by atoms with Gasteiger partial charge in [0.05, 0.1) is 44.2 Å². The van der Waals surface area contributed by atoms with Gasteiger partial charge in [0.15, 0.2) is 0 Å². The fourth-order valence-corrected chi connectivity index (χ4v) is 7.48. The van der Waals surface area contributed by atoms with Gasteiger partial charge in [-0.05, 0) is 86.4 Å². The van der Waals surface area contributed by atoms with Crippen LogP contribution in [0.15, 0.2) is 43.1 Å². The molecule has 0 unspecified atom stereocenters. The summed E-state index contributed by atoms with van der Waals surface area (Å²) >= 11 is 0. The summed E-state index contributed by atoms with van der Waals surface area (Å²) in [6, 6.07) is 9.75. The predicted octanol–water partition coefficient (Wildman–Crippen LogP) is 4.56. The average Bonchev–Trinajstić information content (AvgIpc) is 3.86. The molecule has 15 nitrogen and oxygen atoms in total. The van der Waals surface area contributed by atoms with E-state index in [0.717, 1.165) is 55.7 Å². The van der Waals surface area contributed by atoms with Gasteiger partial charge >= 0.3 is 0 Å². The number of nitrogens with zero attached hydrogens (tertiary/aromatic N) is 10. The van der Waals surface area contributed by atoms with Crippen molar-refractivity contribution in [2.24, 2.45) is 0 Å². The van der Waals surface area contributed by atoms with E-state index in [4.69, 9.17) is 24.0 Å². The van der Waals surface area contributed by atoms with Crippen molar-refractivity contribution in [2.75, 3.05) is 38.9 Å². The summed E-state index contributed by atoms with van der Waals surface area (Å²) in [5, 5.41) is 29.2. The third-order valence-corrected chi connectivity index (χ3v) is 9.94. The molecular formula is C35H45N11O4. The number of anilines is 2. The number of unbranched alkanes of at least 4 members (excludes halogenated alkanes) is 1. The van der Waals surface area contributed by atoms with Crippen LogP contribution in [0.5, 0.6) is 11.6 Å². The number of hydrogen-bond acceptors (Lipinski definition) is 13. The van der Waals surface area contributed by atoms with Crippen molar-refractivity contribution in [3.63, 3.8) is 0 Å². The number of ether oxygens (including phenoxy) is 4. The molecule has 1 N–H and O–H groups in total.